The van der Waals surface area contributed by atoms with Crippen LogP contribution in [0.2, 0.25) is 5.02 Å². The molecule has 5 nitrogen and oxygen atoms in total. The van der Waals surface area contributed by atoms with Gasteiger partial charge in [0.25, 0.3) is 0 Å². The van der Waals surface area contributed by atoms with Crippen LogP contribution in [0.1, 0.15) is 12.5 Å². The summed E-state index contributed by atoms with van der Waals surface area (Å²) in [4.78, 5) is 12.1. The van der Waals surface area contributed by atoms with E-state index in [1.54, 1.807) is 24.3 Å². The summed E-state index contributed by atoms with van der Waals surface area (Å²) in [6.45, 7) is 1.53. The second-order valence-electron chi connectivity index (χ2n) is 4.90. The molecule has 0 aliphatic carbocycles. The van der Waals surface area contributed by atoms with Gasteiger partial charge in [-0.25, -0.2) is 8.42 Å². The van der Waals surface area contributed by atoms with E-state index in [1.165, 1.54) is 25.1 Å². The zero-order valence-corrected chi connectivity index (χ0v) is 14.0. The molecule has 7 heteroatoms. The number of carbonyl (C=O) groups excluding carboxylic acids is 1. The third-order valence-corrected chi connectivity index (χ3v) is 5.39. The van der Waals surface area contributed by atoms with Crippen molar-refractivity contribution in [1.29, 1.82) is 0 Å². The second-order valence-corrected chi connectivity index (χ2v) is 7.58. The summed E-state index contributed by atoms with van der Waals surface area (Å²) >= 11 is 6.00. The van der Waals surface area contributed by atoms with Crippen molar-refractivity contribution in [2.75, 3.05) is 11.1 Å². The molecule has 0 bridgehead atoms. The van der Waals surface area contributed by atoms with E-state index in [9.17, 15) is 18.3 Å². The highest BCUT2D eigenvalue weighted by molar-refractivity contribution is 7.91. The van der Waals surface area contributed by atoms with Crippen LogP contribution in [0.5, 0.6) is 5.75 Å². The fourth-order valence-corrected chi connectivity index (χ4v) is 3.09. The van der Waals surface area contributed by atoms with Crippen LogP contribution in [-0.4, -0.2) is 25.2 Å². The largest absolute Gasteiger partial charge is 0.506 e. The first kappa shape index (κ1) is 17.3. The minimum atomic E-state index is -3.42. The number of aromatic hydroxyl groups is 1. The van der Waals surface area contributed by atoms with Crippen LogP contribution >= 0.6 is 11.6 Å². The Morgan fingerprint density at radius 2 is 1.91 bits per heavy atom. The number of sulfone groups is 1. The summed E-state index contributed by atoms with van der Waals surface area (Å²) < 4.78 is 23.7. The molecule has 0 radical (unpaired) electrons. The van der Waals surface area contributed by atoms with Gasteiger partial charge in [0.05, 0.1) is 22.8 Å². The zero-order chi connectivity index (χ0) is 17.0. The molecule has 2 aromatic rings. The molecule has 2 N–H and O–H groups in total. The van der Waals surface area contributed by atoms with Crippen molar-refractivity contribution in [2.24, 2.45) is 0 Å². The SMILES string of the molecule is CCS(=O)(=O)c1ccc(O)c(NC(=O)Cc2ccccc2Cl)c1. The van der Waals surface area contributed by atoms with Crippen molar-refractivity contribution in [3.63, 3.8) is 0 Å². The summed E-state index contributed by atoms with van der Waals surface area (Å²) in [5.41, 5.74) is 0.695. The van der Waals surface area contributed by atoms with Crippen LogP contribution < -0.4 is 5.32 Å². The van der Waals surface area contributed by atoms with Crippen LogP contribution in [0.15, 0.2) is 47.4 Å². The van der Waals surface area contributed by atoms with Gasteiger partial charge in [-0.2, -0.15) is 0 Å². The van der Waals surface area contributed by atoms with Gasteiger partial charge >= 0.3 is 0 Å². The smallest absolute Gasteiger partial charge is 0.228 e. The maximum atomic E-state index is 12.1. The van der Waals surface area contributed by atoms with Crippen LogP contribution in [0.4, 0.5) is 5.69 Å². The Morgan fingerprint density at radius 3 is 2.57 bits per heavy atom. The Bertz CT molecular complexity index is 834. The molecule has 0 saturated carbocycles. The quantitative estimate of drug-likeness (QED) is 0.809. The zero-order valence-electron chi connectivity index (χ0n) is 12.4. The molecule has 122 valence electrons. The van der Waals surface area contributed by atoms with Crippen molar-refractivity contribution in [2.45, 2.75) is 18.2 Å². The number of amides is 1. The molecule has 0 saturated heterocycles. The van der Waals surface area contributed by atoms with Crippen molar-refractivity contribution in [3.05, 3.63) is 53.1 Å². The fraction of sp³-hybridized carbons (Fsp3) is 0.188. The lowest BCUT2D eigenvalue weighted by atomic mass is 10.1. The third-order valence-electron chi connectivity index (χ3n) is 3.29. The maximum Gasteiger partial charge on any atom is 0.228 e. The molecule has 23 heavy (non-hydrogen) atoms. The van der Waals surface area contributed by atoms with Gasteiger partial charge in [-0.3, -0.25) is 4.79 Å². The minimum absolute atomic E-state index is 0.0177. The number of hydrogen-bond donors (Lipinski definition) is 2. The molecule has 2 aromatic carbocycles. The number of rotatable bonds is 5. The fourth-order valence-electron chi connectivity index (χ4n) is 1.98. The Labute approximate surface area is 139 Å². The van der Waals surface area contributed by atoms with Gasteiger partial charge in [-0.1, -0.05) is 36.7 Å². The van der Waals surface area contributed by atoms with Crippen molar-refractivity contribution >= 4 is 33.0 Å². The Balaban J connectivity index is 2.21. The van der Waals surface area contributed by atoms with E-state index in [0.717, 1.165) is 0 Å². The first-order valence-corrected chi connectivity index (χ1v) is 8.95. The van der Waals surface area contributed by atoms with E-state index in [2.05, 4.69) is 5.32 Å². The molecule has 0 aliphatic rings. The number of nitrogens with one attached hydrogen (secondary N) is 1. The molecular formula is C16H16ClNO4S. The maximum absolute atomic E-state index is 12.1. The standard InChI is InChI=1S/C16H16ClNO4S/c1-2-23(21,22)12-7-8-15(19)14(10-12)18-16(20)9-11-5-3-4-6-13(11)17/h3-8,10,19H,2,9H2,1H3,(H,18,20). The number of anilines is 1. The Kier molecular flexibility index (Phi) is 5.28. The summed E-state index contributed by atoms with van der Waals surface area (Å²) in [7, 11) is -3.42. The molecule has 0 aliphatic heterocycles. The number of phenols is 1. The number of halogens is 1. The number of hydrogen-bond acceptors (Lipinski definition) is 4. The normalized spacial score (nSPS) is 11.2. The minimum Gasteiger partial charge on any atom is -0.506 e. The van der Waals surface area contributed by atoms with E-state index in [0.29, 0.717) is 10.6 Å². The van der Waals surface area contributed by atoms with Crippen molar-refractivity contribution in [3.8, 4) is 5.75 Å². The van der Waals surface area contributed by atoms with E-state index >= 15 is 0 Å². The Morgan fingerprint density at radius 1 is 1.22 bits per heavy atom. The first-order valence-electron chi connectivity index (χ1n) is 6.92. The predicted molar refractivity (Wildman–Crippen MR) is 89.6 cm³/mol. The molecule has 0 atom stereocenters. The van der Waals surface area contributed by atoms with Gasteiger partial charge in [-0.05, 0) is 29.8 Å². The predicted octanol–water partition coefficient (Wildman–Crippen LogP) is 3.02. The number of carbonyl (C=O) groups is 1. The highest BCUT2D eigenvalue weighted by atomic mass is 35.5. The van der Waals surface area contributed by atoms with Crippen LogP contribution in [0, 0.1) is 0 Å². The molecular weight excluding hydrogens is 338 g/mol. The lowest BCUT2D eigenvalue weighted by Gasteiger charge is -2.10. The van der Waals surface area contributed by atoms with Gasteiger partial charge in [-0.15, -0.1) is 0 Å². The van der Waals surface area contributed by atoms with Gasteiger partial charge in [0.2, 0.25) is 5.91 Å². The van der Waals surface area contributed by atoms with Crippen molar-refractivity contribution < 1.29 is 18.3 Å². The number of phenolic OH excluding ortho intramolecular Hbond substituents is 1. The van der Waals surface area contributed by atoms with E-state index in [1.807, 2.05) is 0 Å². The van der Waals surface area contributed by atoms with E-state index in [-0.39, 0.29) is 28.5 Å². The highest BCUT2D eigenvalue weighted by Crippen LogP contribution is 2.27. The molecule has 0 spiro atoms. The van der Waals surface area contributed by atoms with Gasteiger partial charge in [0, 0.05) is 5.02 Å². The molecule has 0 aromatic heterocycles. The molecule has 0 unspecified atom stereocenters. The molecule has 2 rings (SSSR count). The van der Waals surface area contributed by atoms with Crippen LogP contribution in [0.3, 0.4) is 0 Å². The van der Waals surface area contributed by atoms with Crippen LogP contribution in [0.25, 0.3) is 0 Å². The first-order chi connectivity index (χ1) is 10.8. The highest BCUT2D eigenvalue weighted by Gasteiger charge is 2.15. The second kappa shape index (κ2) is 7.02. The van der Waals surface area contributed by atoms with Gasteiger partial charge in [0.15, 0.2) is 9.84 Å². The van der Waals surface area contributed by atoms with Crippen LogP contribution in [-0.2, 0) is 21.1 Å². The monoisotopic (exact) mass is 353 g/mol. The summed E-state index contributed by atoms with van der Waals surface area (Å²) in [5.74, 6) is -0.669. The van der Waals surface area contributed by atoms with Crippen molar-refractivity contribution in [1.82, 2.24) is 0 Å². The van der Waals surface area contributed by atoms with Gasteiger partial charge in [0.1, 0.15) is 5.75 Å². The Hall–Kier alpha value is -2.05. The summed E-state index contributed by atoms with van der Waals surface area (Å²) in [6, 6.07) is 10.7. The molecule has 1 amide bonds. The summed E-state index contributed by atoms with van der Waals surface area (Å²) in [6.07, 6.45) is 0.0177. The molecule has 0 fully saturated rings. The van der Waals surface area contributed by atoms with E-state index < -0.39 is 15.7 Å². The lowest BCUT2D eigenvalue weighted by Crippen LogP contribution is -2.15. The molecule has 0 heterocycles. The average Bonchev–Trinajstić information content (AvgIpc) is 2.51. The summed E-state index contributed by atoms with van der Waals surface area (Å²) in [5, 5.41) is 12.8. The average molecular weight is 354 g/mol. The van der Waals surface area contributed by atoms with Gasteiger partial charge < -0.3 is 10.4 Å². The number of benzene rings is 2. The topological polar surface area (TPSA) is 83.5 Å². The third kappa shape index (κ3) is 4.24. The lowest BCUT2D eigenvalue weighted by molar-refractivity contribution is -0.115. The van der Waals surface area contributed by atoms with E-state index in [4.69, 9.17) is 11.6 Å².